The molecule has 1 aromatic rings. The number of thioether (sulfide) groups is 1. The third-order valence-electron chi connectivity index (χ3n) is 2.98. The molecule has 2 rings (SSSR count). The number of nitrogens with zero attached hydrogens (tertiary/aromatic N) is 2. The summed E-state index contributed by atoms with van der Waals surface area (Å²) in [5.74, 6) is 0. The summed E-state index contributed by atoms with van der Waals surface area (Å²) in [6.45, 7) is 0.547. The minimum absolute atomic E-state index is 0.547. The lowest BCUT2D eigenvalue weighted by Crippen LogP contribution is -2.04. The first-order valence-corrected chi connectivity index (χ1v) is 6.37. The van der Waals surface area contributed by atoms with Gasteiger partial charge >= 0.3 is 0 Å². The molecule has 2 unspecified atom stereocenters. The zero-order valence-corrected chi connectivity index (χ0v) is 9.33. The van der Waals surface area contributed by atoms with Crippen molar-refractivity contribution in [3.63, 3.8) is 0 Å². The van der Waals surface area contributed by atoms with Gasteiger partial charge in [0.15, 0.2) is 0 Å². The SMILES string of the molecule is CSC1CCC(n2cnc(CN)c2)C1. The molecule has 0 amide bonds. The Balaban J connectivity index is 2.02. The maximum atomic E-state index is 5.54. The summed E-state index contributed by atoms with van der Waals surface area (Å²) < 4.78 is 2.23. The second-order valence-corrected chi connectivity index (χ2v) is 4.98. The fourth-order valence-corrected chi connectivity index (χ4v) is 2.87. The summed E-state index contributed by atoms with van der Waals surface area (Å²) in [7, 11) is 0. The van der Waals surface area contributed by atoms with Gasteiger partial charge < -0.3 is 10.3 Å². The van der Waals surface area contributed by atoms with Crippen LogP contribution in [0.25, 0.3) is 0 Å². The van der Waals surface area contributed by atoms with Crippen LogP contribution in [0.4, 0.5) is 0 Å². The molecule has 0 bridgehead atoms. The van der Waals surface area contributed by atoms with Gasteiger partial charge in [-0.2, -0.15) is 11.8 Å². The lowest BCUT2D eigenvalue weighted by Gasteiger charge is -2.10. The van der Waals surface area contributed by atoms with E-state index in [1.807, 2.05) is 18.1 Å². The first kappa shape index (κ1) is 10.1. The second kappa shape index (κ2) is 4.36. The van der Waals surface area contributed by atoms with Crippen LogP contribution in [-0.2, 0) is 6.54 Å². The van der Waals surface area contributed by atoms with Crippen LogP contribution in [0.3, 0.4) is 0 Å². The Bertz CT molecular complexity index is 297. The van der Waals surface area contributed by atoms with Crippen molar-refractivity contribution in [1.82, 2.24) is 9.55 Å². The quantitative estimate of drug-likeness (QED) is 0.829. The second-order valence-electron chi connectivity index (χ2n) is 3.84. The minimum atomic E-state index is 0.547. The van der Waals surface area contributed by atoms with Crippen molar-refractivity contribution < 1.29 is 0 Å². The smallest absolute Gasteiger partial charge is 0.0952 e. The predicted octanol–water partition coefficient (Wildman–Crippen LogP) is 1.80. The van der Waals surface area contributed by atoms with Crippen LogP contribution in [-0.4, -0.2) is 21.1 Å². The molecular formula is C10H17N3S. The molecule has 78 valence electrons. The molecule has 1 aliphatic rings. The van der Waals surface area contributed by atoms with E-state index >= 15 is 0 Å². The Morgan fingerprint density at radius 3 is 3.07 bits per heavy atom. The molecule has 1 fully saturated rings. The van der Waals surface area contributed by atoms with E-state index in [0.717, 1.165) is 10.9 Å². The zero-order chi connectivity index (χ0) is 9.97. The summed E-state index contributed by atoms with van der Waals surface area (Å²) in [4.78, 5) is 4.26. The summed E-state index contributed by atoms with van der Waals surface area (Å²) >= 11 is 1.98. The number of nitrogens with two attached hydrogens (primary N) is 1. The van der Waals surface area contributed by atoms with Gasteiger partial charge in [0.2, 0.25) is 0 Å². The number of hydrogen-bond acceptors (Lipinski definition) is 3. The summed E-state index contributed by atoms with van der Waals surface area (Å²) in [6.07, 6.45) is 10.1. The maximum absolute atomic E-state index is 5.54. The Hall–Kier alpha value is -0.480. The Morgan fingerprint density at radius 2 is 2.50 bits per heavy atom. The predicted molar refractivity (Wildman–Crippen MR) is 60.3 cm³/mol. The van der Waals surface area contributed by atoms with Crippen molar-refractivity contribution in [1.29, 1.82) is 0 Å². The minimum Gasteiger partial charge on any atom is -0.334 e. The van der Waals surface area contributed by atoms with Gasteiger partial charge in [-0.25, -0.2) is 4.98 Å². The van der Waals surface area contributed by atoms with E-state index in [1.165, 1.54) is 19.3 Å². The van der Waals surface area contributed by atoms with Gasteiger partial charge in [0.05, 0.1) is 12.0 Å². The number of hydrogen-bond donors (Lipinski definition) is 1. The molecule has 2 atom stereocenters. The highest BCUT2D eigenvalue weighted by molar-refractivity contribution is 7.99. The van der Waals surface area contributed by atoms with Gasteiger partial charge in [0.1, 0.15) is 0 Å². The van der Waals surface area contributed by atoms with Crippen LogP contribution >= 0.6 is 11.8 Å². The first-order valence-electron chi connectivity index (χ1n) is 5.08. The topological polar surface area (TPSA) is 43.8 Å². The van der Waals surface area contributed by atoms with Crippen LogP contribution in [0.5, 0.6) is 0 Å². The molecule has 2 N–H and O–H groups in total. The maximum Gasteiger partial charge on any atom is 0.0952 e. The molecule has 14 heavy (non-hydrogen) atoms. The molecule has 0 spiro atoms. The normalized spacial score (nSPS) is 27.0. The fourth-order valence-electron chi connectivity index (χ4n) is 2.09. The molecule has 1 aliphatic carbocycles. The molecule has 0 aromatic carbocycles. The average Bonchev–Trinajstić information content (AvgIpc) is 2.86. The molecule has 0 aliphatic heterocycles. The van der Waals surface area contributed by atoms with Crippen LogP contribution in [0.1, 0.15) is 31.0 Å². The third-order valence-corrected chi connectivity index (χ3v) is 4.07. The number of aromatic nitrogens is 2. The van der Waals surface area contributed by atoms with Gasteiger partial charge in [0, 0.05) is 24.0 Å². The van der Waals surface area contributed by atoms with Crippen molar-refractivity contribution in [2.75, 3.05) is 6.26 Å². The van der Waals surface area contributed by atoms with E-state index in [-0.39, 0.29) is 0 Å². The van der Waals surface area contributed by atoms with Crippen molar-refractivity contribution in [3.05, 3.63) is 18.2 Å². The van der Waals surface area contributed by atoms with Crippen molar-refractivity contribution >= 4 is 11.8 Å². The Kier molecular flexibility index (Phi) is 3.13. The summed E-state index contributed by atoms with van der Waals surface area (Å²) in [5, 5.41) is 0.837. The Morgan fingerprint density at radius 1 is 1.64 bits per heavy atom. The van der Waals surface area contributed by atoms with E-state index in [0.29, 0.717) is 12.6 Å². The number of imidazole rings is 1. The monoisotopic (exact) mass is 211 g/mol. The van der Waals surface area contributed by atoms with Crippen molar-refractivity contribution in [3.8, 4) is 0 Å². The van der Waals surface area contributed by atoms with Gasteiger partial charge in [0.25, 0.3) is 0 Å². The van der Waals surface area contributed by atoms with E-state index in [4.69, 9.17) is 5.73 Å². The molecule has 1 heterocycles. The lowest BCUT2D eigenvalue weighted by atomic mass is 10.2. The highest BCUT2D eigenvalue weighted by Crippen LogP contribution is 2.35. The fraction of sp³-hybridized carbons (Fsp3) is 0.700. The molecule has 1 saturated carbocycles. The van der Waals surface area contributed by atoms with E-state index in [2.05, 4.69) is 22.0 Å². The molecule has 1 aromatic heterocycles. The lowest BCUT2D eigenvalue weighted by molar-refractivity contribution is 0.519. The molecule has 0 radical (unpaired) electrons. The molecular weight excluding hydrogens is 194 g/mol. The van der Waals surface area contributed by atoms with Crippen molar-refractivity contribution in [2.24, 2.45) is 5.73 Å². The van der Waals surface area contributed by atoms with E-state index < -0.39 is 0 Å². The average molecular weight is 211 g/mol. The first-order chi connectivity index (χ1) is 6.83. The van der Waals surface area contributed by atoms with Crippen LogP contribution in [0, 0.1) is 0 Å². The molecule has 3 nitrogen and oxygen atoms in total. The molecule has 0 saturated heterocycles. The largest absolute Gasteiger partial charge is 0.334 e. The summed E-state index contributed by atoms with van der Waals surface area (Å²) in [6, 6.07) is 0.653. The van der Waals surface area contributed by atoms with Gasteiger partial charge in [-0.1, -0.05) is 0 Å². The Labute approximate surface area is 89.1 Å². The van der Waals surface area contributed by atoms with E-state index in [1.54, 1.807) is 0 Å². The molecule has 4 heteroatoms. The van der Waals surface area contributed by atoms with Crippen LogP contribution in [0.2, 0.25) is 0 Å². The third kappa shape index (κ3) is 1.96. The van der Waals surface area contributed by atoms with E-state index in [9.17, 15) is 0 Å². The standard InChI is InChI=1S/C10H17N3S/c1-14-10-3-2-9(4-10)13-6-8(5-11)12-7-13/h6-7,9-10H,2-5,11H2,1H3. The number of rotatable bonds is 3. The summed E-state index contributed by atoms with van der Waals surface area (Å²) in [5.41, 5.74) is 6.53. The van der Waals surface area contributed by atoms with Gasteiger partial charge in [-0.05, 0) is 25.5 Å². The highest BCUT2D eigenvalue weighted by atomic mass is 32.2. The van der Waals surface area contributed by atoms with Crippen LogP contribution in [0.15, 0.2) is 12.5 Å². The van der Waals surface area contributed by atoms with Gasteiger partial charge in [-0.3, -0.25) is 0 Å². The van der Waals surface area contributed by atoms with Crippen LogP contribution < -0.4 is 5.73 Å². The zero-order valence-electron chi connectivity index (χ0n) is 8.52. The van der Waals surface area contributed by atoms with Crippen molar-refractivity contribution in [2.45, 2.75) is 37.1 Å². The van der Waals surface area contributed by atoms with Gasteiger partial charge in [-0.15, -0.1) is 0 Å². The highest BCUT2D eigenvalue weighted by Gasteiger charge is 2.24.